The summed E-state index contributed by atoms with van der Waals surface area (Å²) < 4.78 is 0. The van der Waals surface area contributed by atoms with Gasteiger partial charge in [0, 0.05) is 6.04 Å². The minimum Gasteiger partial charge on any atom is -0.352 e. The SMILES string of the molecule is CC1CCC(C)C1NC(=O)CC#N. The Kier molecular flexibility index (Phi) is 3.30. The zero-order valence-corrected chi connectivity index (χ0v) is 8.21. The molecule has 72 valence electrons. The van der Waals surface area contributed by atoms with Crippen LogP contribution in [0.25, 0.3) is 0 Å². The molecule has 1 aliphatic carbocycles. The predicted octanol–water partition coefficient (Wildman–Crippen LogP) is 1.45. The van der Waals surface area contributed by atoms with E-state index < -0.39 is 0 Å². The van der Waals surface area contributed by atoms with Gasteiger partial charge in [0.15, 0.2) is 0 Å². The van der Waals surface area contributed by atoms with Gasteiger partial charge in [0.2, 0.25) is 5.91 Å². The van der Waals surface area contributed by atoms with E-state index in [1.807, 2.05) is 6.07 Å². The minimum atomic E-state index is -0.131. The van der Waals surface area contributed by atoms with Crippen molar-refractivity contribution in [3.8, 4) is 6.07 Å². The molecule has 0 heterocycles. The molecule has 0 aromatic rings. The van der Waals surface area contributed by atoms with E-state index in [0.29, 0.717) is 11.8 Å². The van der Waals surface area contributed by atoms with Gasteiger partial charge in [-0.2, -0.15) is 5.26 Å². The van der Waals surface area contributed by atoms with Crippen LogP contribution in [-0.4, -0.2) is 11.9 Å². The molecule has 0 aromatic heterocycles. The lowest BCUT2D eigenvalue weighted by Gasteiger charge is -2.20. The van der Waals surface area contributed by atoms with Crippen LogP contribution in [0, 0.1) is 23.2 Å². The zero-order valence-electron chi connectivity index (χ0n) is 8.21. The summed E-state index contributed by atoms with van der Waals surface area (Å²) in [6.45, 7) is 4.31. The Morgan fingerprint density at radius 3 is 2.46 bits per heavy atom. The Bertz CT molecular complexity index is 222. The monoisotopic (exact) mass is 180 g/mol. The van der Waals surface area contributed by atoms with Crippen LogP contribution in [0.1, 0.15) is 33.1 Å². The van der Waals surface area contributed by atoms with Crippen molar-refractivity contribution in [1.82, 2.24) is 5.32 Å². The zero-order chi connectivity index (χ0) is 9.84. The lowest BCUT2D eigenvalue weighted by molar-refractivity contribution is -0.121. The molecule has 3 heteroatoms. The fourth-order valence-electron chi connectivity index (χ4n) is 2.04. The highest BCUT2D eigenvalue weighted by molar-refractivity contribution is 5.78. The molecule has 13 heavy (non-hydrogen) atoms. The molecule has 3 nitrogen and oxygen atoms in total. The van der Waals surface area contributed by atoms with Gasteiger partial charge in [0.05, 0.1) is 6.07 Å². The Labute approximate surface area is 79.1 Å². The first-order chi connectivity index (χ1) is 6.15. The molecule has 1 amide bonds. The summed E-state index contributed by atoms with van der Waals surface area (Å²) in [7, 11) is 0. The van der Waals surface area contributed by atoms with Gasteiger partial charge in [-0.3, -0.25) is 4.79 Å². The number of rotatable bonds is 2. The van der Waals surface area contributed by atoms with Gasteiger partial charge in [0.25, 0.3) is 0 Å². The van der Waals surface area contributed by atoms with E-state index in [1.54, 1.807) is 0 Å². The summed E-state index contributed by atoms with van der Waals surface area (Å²) in [5.41, 5.74) is 0. The van der Waals surface area contributed by atoms with E-state index in [2.05, 4.69) is 19.2 Å². The molecular formula is C10H16N2O. The average Bonchev–Trinajstić information content (AvgIpc) is 2.36. The number of amides is 1. The van der Waals surface area contributed by atoms with Gasteiger partial charge in [-0.1, -0.05) is 13.8 Å². The van der Waals surface area contributed by atoms with Crippen molar-refractivity contribution in [2.24, 2.45) is 11.8 Å². The second kappa shape index (κ2) is 4.27. The molecule has 1 rings (SSSR count). The van der Waals surface area contributed by atoms with E-state index >= 15 is 0 Å². The maximum atomic E-state index is 11.2. The van der Waals surface area contributed by atoms with E-state index in [1.165, 1.54) is 12.8 Å². The second-order valence-corrected chi connectivity index (χ2v) is 3.96. The maximum Gasteiger partial charge on any atom is 0.234 e. The van der Waals surface area contributed by atoms with Crippen molar-refractivity contribution in [3.05, 3.63) is 0 Å². The molecule has 1 fully saturated rings. The summed E-state index contributed by atoms with van der Waals surface area (Å²) in [6, 6.07) is 2.14. The molecule has 2 unspecified atom stereocenters. The van der Waals surface area contributed by atoms with Gasteiger partial charge >= 0.3 is 0 Å². The fraction of sp³-hybridized carbons (Fsp3) is 0.800. The van der Waals surface area contributed by atoms with Crippen LogP contribution in [0.2, 0.25) is 0 Å². The van der Waals surface area contributed by atoms with Gasteiger partial charge in [-0.25, -0.2) is 0 Å². The molecule has 0 aromatic carbocycles. The van der Waals surface area contributed by atoms with E-state index in [4.69, 9.17) is 5.26 Å². The number of hydrogen-bond acceptors (Lipinski definition) is 2. The number of nitrogens with zero attached hydrogens (tertiary/aromatic N) is 1. The summed E-state index contributed by atoms with van der Waals surface area (Å²) in [5.74, 6) is 0.975. The van der Waals surface area contributed by atoms with Gasteiger partial charge in [-0.05, 0) is 24.7 Å². The van der Waals surface area contributed by atoms with Crippen molar-refractivity contribution in [2.45, 2.75) is 39.2 Å². The normalized spacial score (nSPS) is 32.5. The molecule has 1 aliphatic rings. The molecule has 0 saturated heterocycles. The van der Waals surface area contributed by atoms with Gasteiger partial charge < -0.3 is 5.32 Å². The number of carbonyl (C=O) groups excluding carboxylic acids is 1. The summed E-state index contributed by atoms with van der Waals surface area (Å²) in [6.07, 6.45) is 2.34. The highest BCUT2D eigenvalue weighted by Crippen LogP contribution is 2.30. The Hall–Kier alpha value is -1.04. The van der Waals surface area contributed by atoms with Crippen LogP contribution in [0.4, 0.5) is 0 Å². The smallest absolute Gasteiger partial charge is 0.234 e. The minimum absolute atomic E-state index is 0.0179. The maximum absolute atomic E-state index is 11.2. The first-order valence-corrected chi connectivity index (χ1v) is 4.81. The van der Waals surface area contributed by atoms with E-state index in [0.717, 1.165) is 0 Å². The predicted molar refractivity (Wildman–Crippen MR) is 49.7 cm³/mol. The van der Waals surface area contributed by atoms with Gasteiger partial charge in [-0.15, -0.1) is 0 Å². The van der Waals surface area contributed by atoms with E-state index in [-0.39, 0.29) is 18.4 Å². The van der Waals surface area contributed by atoms with Crippen LogP contribution in [0.3, 0.4) is 0 Å². The second-order valence-electron chi connectivity index (χ2n) is 3.96. The Balaban J connectivity index is 2.44. The summed E-state index contributed by atoms with van der Waals surface area (Å²) in [5, 5.41) is 11.2. The summed E-state index contributed by atoms with van der Waals surface area (Å²) >= 11 is 0. The summed E-state index contributed by atoms with van der Waals surface area (Å²) in [4.78, 5) is 11.2. The standard InChI is InChI=1S/C10H16N2O/c1-7-3-4-8(2)10(7)12-9(13)5-6-11/h7-8,10H,3-5H2,1-2H3,(H,12,13). The van der Waals surface area contributed by atoms with Crippen LogP contribution >= 0.6 is 0 Å². The number of nitrogens with one attached hydrogen (secondary N) is 1. The number of carbonyl (C=O) groups is 1. The van der Waals surface area contributed by atoms with Crippen molar-refractivity contribution in [3.63, 3.8) is 0 Å². The van der Waals surface area contributed by atoms with E-state index in [9.17, 15) is 4.79 Å². The third-order valence-corrected chi connectivity index (χ3v) is 2.87. The third-order valence-electron chi connectivity index (χ3n) is 2.87. The van der Waals surface area contributed by atoms with Crippen LogP contribution < -0.4 is 5.32 Å². The van der Waals surface area contributed by atoms with Crippen molar-refractivity contribution >= 4 is 5.91 Å². The lowest BCUT2D eigenvalue weighted by Crippen LogP contribution is -2.39. The lowest BCUT2D eigenvalue weighted by atomic mass is 10.0. The highest BCUT2D eigenvalue weighted by Gasteiger charge is 2.30. The van der Waals surface area contributed by atoms with Crippen molar-refractivity contribution < 1.29 is 4.79 Å². The van der Waals surface area contributed by atoms with Crippen molar-refractivity contribution in [2.75, 3.05) is 0 Å². The van der Waals surface area contributed by atoms with Crippen LogP contribution in [-0.2, 0) is 4.79 Å². The Morgan fingerprint density at radius 1 is 1.46 bits per heavy atom. The first-order valence-electron chi connectivity index (χ1n) is 4.81. The largest absolute Gasteiger partial charge is 0.352 e. The molecule has 0 radical (unpaired) electrons. The Morgan fingerprint density at radius 2 is 2.00 bits per heavy atom. The third kappa shape index (κ3) is 2.45. The molecule has 1 N–H and O–H groups in total. The van der Waals surface area contributed by atoms with Crippen molar-refractivity contribution in [1.29, 1.82) is 5.26 Å². The molecular weight excluding hydrogens is 164 g/mol. The first kappa shape index (κ1) is 10.0. The fourth-order valence-corrected chi connectivity index (χ4v) is 2.04. The topological polar surface area (TPSA) is 52.9 Å². The molecule has 0 spiro atoms. The average molecular weight is 180 g/mol. The van der Waals surface area contributed by atoms with Crippen LogP contribution in [0.15, 0.2) is 0 Å². The molecule has 0 bridgehead atoms. The number of nitriles is 1. The molecule has 0 aliphatic heterocycles. The molecule has 2 atom stereocenters. The molecule has 1 saturated carbocycles. The highest BCUT2D eigenvalue weighted by atomic mass is 16.1. The van der Waals surface area contributed by atoms with Crippen LogP contribution in [0.5, 0.6) is 0 Å². The number of hydrogen-bond donors (Lipinski definition) is 1. The quantitative estimate of drug-likeness (QED) is 0.699. The van der Waals surface area contributed by atoms with Gasteiger partial charge in [0.1, 0.15) is 6.42 Å².